The highest BCUT2D eigenvalue weighted by Gasteiger charge is 2.22. The first-order valence-corrected chi connectivity index (χ1v) is 12.7. The lowest BCUT2D eigenvalue weighted by Gasteiger charge is -2.22. The highest BCUT2D eigenvalue weighted by molar-refractivity contribution is 5.91. The number of aryl methyl sites for hydroxylation is 1. The van der Waals surface area contributed by atoms with Crippen molar-refractivity contribution in [3.8, 4) is 5.75 Å². The van der Waals surface area contributed by atoms with E-state index in [4.69, 9.17) is 9.72 Å². The van der Waals surface area contributed by atoms with E-state index in [2.05, 4.69) is 10.4 Å². The Morgan fingerprint density at radius 1 is 1.03 bits per heavy atom. The Morgan fingerprint density at radius 2 is 1.76 bits per heavy atom. The summed E-state index contributed by atoms with van der Waals surface area (Å²) in [5, 5.41) is 7.95. The summed E-state index contributed by atoms with van der Waals surface area (Å²) in [7, 11) is 0. The summed E-state index contributed by atoms with van der Waals surface area (Å²) in [4.78, 5) is 30.4. The molecule has 0 bridgehead atoms. The van der Waals surface area contributed by atoms with Crippen molar-refractivity contribution in [1.82, 2.24) is 9.66 Å². The van der Waals surface area contributed by atoms with Gasteiger partial charge in [-0.3, -0.25) is 9.59 Å². The number of carbonyl (C=O) groups is 1. The van der Waals surface area contributed by atoms with Crippen LogP contribution < -0.4 is 15.6 Å². The van der Waals surface area contributed by atoms with Gasteiger partial charge in [-0.1, -0.05) is 49.1 Å². The number of para-hydroxylation sites is 1. The normalized spacial score (nSPS) is 14.2. The van der Waals surface area contributed by atoms with E-state index in [1.807, 2.05) is 61.5 Å². The second kappa shape index (κ2) is 11.2. The molecule has 0 aliphatic heterocycles. The van der Waals surface area contributed by atoms with Crippen LogP contribution in [0.15, 0.2) is 82.7 Å². The van der Waals surface area contributed by atoms with E-state index in [9.17, 15) is 9.59 Å². The SMILES string of the molecule is Cc1ccc(NC(=O)COc2ccc(C=Nn3c(C4CCCCC4)nc4ccccc4c3=O)cc2)cc1. The summed E-state index contributed by atoms with van der Waals surface area (Å²) in [5.41, 5.74) is 3.24. The maximum atomic E-state index is 13.3. The molecule has 37 heavy (non-hydrogen) atoms. The molecule has 5 rings (SSSR count). The molecule has 1 fully saturated rings. The molecular weight excluding hydrogens is 464 g/mol. The molecule has 4 aromatic rings. The molecule has 188 valence electrons. The summed E-state index contributed by atoms with van der Waals surface area (Å²) < 4.78 is 7.10. The van der Waals surface area contributed by atoms with Crippen molar-refractivity contribution in [3.05, 3.63) is 100 Å². The molecule has 7 nitrogen and oxygen atoms in total. The van der Waals surface area contributed by atoms with Crippen LogP contribution >= 0.6 is 0 Å². The number of fused-ring (bicyclic) bond motifs is 1. The number of anilines is 1. The first kappa shape index (κ1) is 24.4. The number of nitrogens with zero attached hydrogens (tertiary/aromatic N) is 3. The maximum absolute atomic E-state index is 13.3. The number of nitrogens with one attached hydrogen (secondary N) is 1. The third-order valence-corrected chi connectivity index (χ3v) is 6.66. The molecule has 0 spiro atoms. The van der Waals surface area contributed by atoms with Crippen molar-refractivity contribution in [3.63, 3.8) is 0 Å². The minimum absolute atomic E-state index is 0.0930. The van der Waals surface area contributed by atoms with E-state index in [1.54, 1.807) is 24.4 Å². The molecule has 1 N–H and O–H groups in total. The summed E-state index contributed by atoms with van der Waals surface area (Å²) in [6.45, 7) is 1.90. The highest BCUT2D eigenvalue weighted by atomic mass is 16.5. The Labute approximate surface area is 215 Å². The van der Waals surface area contributed by atoms with Gasteiger partial charge in [-0.25, -0.2) is 4.98 Å². The number of rotatable bonds is 7. The molecule has 3 aromatic carbocycles. The van der Waals surface area contributed by atoms with Crippen LogP contribution in [0.1, 0.15) is 55.0 Å². The molecule has 7 heteroatoms. The molecule has 1 aromatic heterocycles. The molecular formula is C30H30N4O3. The standard InChI is InChI=1S/C30H30N4O3/c1-21-11-15-24(16-12-21)32-28(35)20-37-25-17-13-22(14-18-25)19-31-34-29(23-7-3-2-4-8-23)33-27-10-6-5-9-26(27)30(34)36/h5-6,9-19,23H,2-4,7-8,20H2,1H3,(H,32,35). The number of ether oxygens (including phenoxy) is 1. The monoisotopic (exact) mass is 494 g/mol. The van der Waals surface area contributed by atoms with Crippen LogP contribution in [-0.4, -0.2) is 28.4 Å². The van der Waals surface area contributed by atoms with Crippen LogP contribution in [0.3, 0.4) is 0 Å². The Kier molecular flexibility index (Phi) is 7.40. The lowest BCUT2D eigenvalue weighted by atomic mass is 9.88. The van der Waals surface area contributed by atoms with Crippen LogP contribution in [0, 0.1) is 6.92 Å². The molecule has 1 heterocycles. The molecule has 1 aliphatic rings. The van der Waals surface area contributed by atoms with Gasteiger partial charge >= 0.3 is 0 Å². The zero-order valence-electron chi connectivity index (χ0n) is 20.9. The second-order valence-electron chi connectivity index (χ2n) is 9.46. The van der Waals surface area contributed by atoms with Gasteiger partial charge in [0, 0.05) is 11.6 Å². The van der Waals surface area contributed by atoms with Crippen molar-refractivity contribution in [2.45, 2.75) is 44.9 Å². The summed E-state index contributed by atoms with van der Waals surface area (Å²) in [6, 6.07) is 22.3. The van der Waals surface area contributed by atoms with E-state index >= 15 is 0 Å². The summed E-state index contributed by atoms with van der Waals surface area (Å²) in [6.07, 6.45) is 7.20. The first-order chi connectivity index (χ1) is 18.1. The van der Waals surface area contributed by atoms with E-state index in [0.29, 0.717) is 16.7 Å². The van der Waals surface area contributed by atoms with Crippen LogP contribution in [0.2, 0.25) is 0 Å². The Hall–Kier alpha value is -4.26. The molecule has 0 unspecified atom stereocenters. The van der Waals surface area contributed by atoms with Crippen molar-refractivity contribution in [2.75, 3.05) is 11.9 Å². The summed E-state index contributed by atoms with van der Waals surface area (Å²) >= 11 is 0. The lowest BCUT2D eigenvalue weighted by Crippen LogP contribution is -2.25. The summed E-state index contributed by atoms with van der Waals surface area (Å²) in [5.74, 6) is 1.31. The van der Waals surface area contributed by atoms with E-state index in [0.717, 1.165) is 48.3 Å². The number of carbonyl (C=O) groups excluding carboxylic acids is 1. The van der Waals surface area contributed by atoms with Crippen LogP contribution in [0.4, 0.5) is 5.69 Å². The number of amides is 1. The second-order valence-corrected chi connectivity index (χ2v) is 9.46. The molecule has 1 saturated carbocycles. The number of hydrogen-bond donors (Lipinski definition) is 1. The van der Waals surface area contributed by atoms with Crippen LogP contribution in [0.5, 0.6) is 5.75 Å². The van der Waals surface area contributed by atoms with Crippen molar-refractivity contribution < 1.29 is 9.53 Å². The van der Waals surface area contributed by atoms with Gasteiger partial charge in [0.15, 0.2) is 6.61 Å². The maximum Gasteiger partial charge on any atom is 0.282 e. The Balaban J connectivity index is 1.29. The van der Waals surface area contributed by atoms with Gasteiger partial charge in [-0.15, -0.1) is 0 Å². The van der Waals surface area contributed by atoms with Gasteiger partial charge in [-0.2, -0.15) is 9.78 Å². The van der Waals surface area contributed by atoms with Gasteiger partial charge in [-0.05, 0) is 73.9 Å². The minimum atomic E-state index is -0.229. The Morgan fingerprint density at radius 3 is 2.51 bits per heavy atom. The number of benzene rings is 3. The smallest absolute Gasteiger partial charge is 0.282 e. The third-order valence-electron chi connectivity index (χ3n) is 6.66. The largest absolute Gasteiger partial charge is 0.484 e. The number of hydrogen-bond acceptors (Lipinski definition) is 5. The van der Waals surface area contributed by atoms with Crippen molar-refractivity contribution in [1.29, 1.82) is 0 Å². The first-order valence-electron chi connectivity index (χ1n) is 12.7. The average molecular weight is 495 g/mol. The van der Waals surface area contributed by atoms with Gasteiger partial charge in [0.2, 0.25) is 0 Å². The fraction of sp³-hybridized carbons (Fsp3) is 0.267. The fourth-order valence-corrected chi connectivity index (χ4v) is 4.63. The van der Waals surface area contributed by atoms with Crippen molar-refractivity contribution >= 4 is 28.7 Å². The van der Waals surface area contributed by atoms with Gasteiger partial charge in [0.05, 0.1) is 17.1 Å². The van der Waals surface area contributed by atoms with Gasteiger partial charge < -0.3 is 10.1 Å². The third kappa shape index (κ3) is 5.94. The van der Waals surface area contributed by atoms with E-state index in [1.165, 1.54) is 11.1 Å². The van der Waals surface area contributed by atoms with Gasteiger partial charge in [0.25, 0.3) is 11.5 Å². The molecule has 1 aliphatic carbocycles. The van der Waals surface area contributed by atoms with Crippen molar-refractivity contribution in [2.24, 2.45) is 5.10 Å². The lowest BCUT2D eigenvalue weighted by molar-refractivity contribution is -0.118. The zero-order chi connectivity index (χ0) is 25.6. The quantitative estimate of drug-likeness (QED) is 0.336. The van der Waals surface area contributed by atoms with Crippen LogP contribution in [0.25, 0.3) is 10.9 Å². The topological polar surface area (TPSA) is 85.6 Å². The van der Waals surface area contributed by atoms with E-state index < -0.39 is 0 Å². The Bertz CT molecular complexity index is 1470. The number of aromatic nitrogens is 2. The molecule has 0 saturated heterocycles. The van der Waals surface area contributed by atoms with Gasteiger partial charge in [0.1, 0.15) is 11.6 Å². The fourth-order valence-electron chi connectivity index (χ4n) is 4.63. The molecule has 0 radical (unpaired) electrons. The average Bonchev–Trinajstić information content (AvgIpc) is 2.94. The highest BCUT2D eigenvalue weighted by Crippen LogP contribution is 2.31. The molecule has 1 amide bonds. The zero-order valence-corrected chi connectivity index (χ0v) is 20.9. The molecule has 0 atom stereocenters. The van der Waals surface area contributed by atoms with E-state index in [-0.39, 0.29) is 24.0 Å². The minimum Gasteiger partial charge on any atom is -0.484 e. The predicted octanol–water partition coefficient (Wildman–Crippen LogP) is 5.65. The van der Waals surface area contributed by atoms with Crippen LogP contribution in [-0.2, 0) is 4.79 Å². The predicted molar refractivity (Wildman–Crippen MR) is 147 cm³/mol.